The Morgan fingerprint density at radius 2 is 1.86 bits per heavy atom. The molecule has 2 aliphatic rings. The molecule has 2 aliphatic heterocycles. The number of nitrogens with zero attached hydrogens (tertiary/aromatic N) is 3. The lowest BCUT2D eigenvalue weighted by Gasteiger charge is -2.40. The fourth-order valence-corrected chi connectivity index (χ4v) is 5.19. The van der Waals surface area contributed by atoms with Crippen molar-refractivity contribution in [2.45, 2.75) is 44.4 Å². The minimum absolute atomic E-state index is 0.0457. The minimum Gasteiger partial charge on any atom is -0.384 e. The lowest BCUT2D eigenvalue weighted by atomic mass is 9.97. The number of nitrogens with two attached hydrogens (primary N) is 1. The highest BCUT2D eigenvalue weighted by Gasteiger charge is 2.34. The summed E-state index contributed by atoms with van der Waals surface area (Å²) in [6.07, 6.45) is 4.24. The first-order valence-corrected chi connectivity index (χ1v) is 14.3. The fourth-order valence-electron chi connectivity index (χ4n) is 5.19. The van der Waals surface area contributed by atoms with Crippen LogP contribution in [-0.2, 0) is 11.0 Å². The number of halogens is 3. The minimum atomic E-state index is -4.57. The molecule has 44 heavy (non-hydrogen) atoms. The van der Waals surface area contributed by atoms with Crippen molar-refractivity contribution in [1.82, 2.24) is 20.2 Å². The Morgan fingerprint density at radius 3 is 2.57 bits per heavy atom. The lowest BCUT2D eigenvalue weighted by Crippen LogP contribution is -2.57. The molecule has 0 saturated carbocycles. The normalized spacial score (nSPS) is 20.0. The second-order valence-corrected chi connectivity index (χ2v) is 10.8. The average molecular weight is 607 g/mol. The Bertz CT molecular complexity index is 1590. The van der Waals surface area contributed by atoms with Gasteiger partial charge in [-0.05, 0) is 50.5 Å². The fraction of sp³-hybridized carbons (Fsp3) is 0.323. The number of hydrogen-bond acceptors (Lipinski definition) is 8. The van der Waals surface area contributed by atoms with Gasteiger partial charge in [0.05, 0.1) is 28.6 Å². The van der Waals surface area contributed by atoms with Crippen LogP contribution in [0.4, 0.5) is 30.5 Å². The number of alkyl halides is 3. The van der Waals surface area contributed by atoms with Crippen molar-refractivity contribution in [3.05, 3.63) is 82.7 Å². The molecule has 0 bridgehead atoms. The van der Waals surface area contributed by atoms with Crippen LogP contribution in [-0.4, -0.2) is 64.1 Å². The first-order chi connectivity index (χ1) is 21.0. The Kier molecular flexibility index (Phi) is 8.95. The summed E-state index contributed by atoms with van der Waals surface area (Å²) in [7, 11) is 0. The number of carbonyl (C=O) groups excluding carboxylic acids is 2. The summed E-state index contributed by atoms with van der Waals surface area (Å²) in [6.45, 7) is 4.10. The molecule has 10 nitrogen and oxygen atoms in total. The third-order valence-corrected chi connectivity index (χ3v) is 7.73. The third kappa shape index (κ3) is 6.88. The van der Waals surface area contributed by atoms with Gasteiger partial charge in [-0.15, -0.1) is 0 Å². The zero-order chi connectivity index (χ0) is 31.4. The molecule has 5 rings (SSSR count). The maximum atomic E-state index is 13.0. The van der Waals surface area contributed by atoms with E-state index in [1.54, 1.807) is 18.3 Å². The highest BCUT2D eigenvalue weighted by atomic mass is 19.4. The van der Waals surface area contributed by atoms with Crippen LogP contribution in [0, 0.1) is 5.41 Å². The molecule has 2 aromatic heterocycles. The van der Waals surface area contributed by atoms with Crippen LogP contribution in [0.15, 0.2) is 54.9 Å². The van der Waals surface area contributed by atoms with Crippen LogP contribution in [0.2, 0.25) is 0 Å². The summed E-state index contributed by atoms with van der Waals surface area (Å²) in [5, 5.41) is 17.9. The Morgan fingerprint density at radius 1 is 1.11 bits per heavy atom. The van der Waals surface area contributed by atoms with Gasteiger partial charge in [-0.1, -0.05) is 24.3 Å². The quantitative estimate of drug-likeness (QED) is 0.274. The highest BCUT2D eigenvalue weighted by Crippen LogP contribution is 2.31. The van der Waals surface area contributed by atoms with Crippen LogP contribution in [0.5, 0.6) is 0 Å². The highest BCUT2D eigenvalue weighted by molar-refractivity contribution is 6.17. The first kappa shape index (κ1) is 30.7. The van der Waals surface area contributed by atoms with Gasteiger partial charge < -0.3 is 21.7 Å². The van der Waals surface area contributed by atoms with Crippen LogP contribution >= 0.6 is 0 Å². The molecule has 230 valence electrons. The van der Waals surface area contributed by atoms with Gasteiger partial charge >= 0.3 is 6.18 Å². The average Bonchev–Trinajstić information content (AvgIpc) is 2.96. The van der Waals surface area contributed by atoms with Gasteiger partial charge in [-0.25, -0.2) is 9.97 Å². The molecule has 2 amide bonds. The summed E-state index contributed by atoms with van der Waals surface area (Å²) in [4.78, 5) is 35.7. The van der Waals surface area contributed by atoms with E-state index >= 15 is 0 Å². The van der Waals surface area contributed by atoms with E-state index in [-0.39, 0.29) is 40.9 Å². The molecule has 2 atom stereocenters. The lowest BCUT2D eigenvalue weighted by molar-refractivity contribution is -0.137. The predicted octanol–water partition coefficient (Wildman–Crippen LogP) is 4.54. The standard InChI is InChI=1S/C31H33F3N8O2/c1-18-9-12-38-27-21(4-2-3-14-42-15-11-23(42)30(44)40-18)17-39-28(36)25(27)26(35)19-5-7-20(8-6-19)29(43)41-24-16-22(10-13-37-24)31(32,33)34/h2,4-8,10,13,16-18,23,35,38H,3,9,11-12,14-15H2,1H3,(H2,36,39)(H,40,44)(H,37,41,43)/b4-2+,35-26?/t18?,23-/m0/s1. The summed E-state index contributed by atoms with van der Waals surface area (Å²) in [5.74, 6) is -0.683. The molecule has 0 spiro atoms. The smallest absolute Gasteiger partial charge is 0.384 e. The first-order valence-electron chi connectivity index (χ1n) is 14.3. The molecule has 3 aromatic rings. The third-order valence-electron chi connectivity index (χ3n) is 7.73. The summed E-state index contributed by atoms with van der Waals surface area (Å²) in [5.41, 5.74) is 7.87. The number of pyridine rings is 2. The van der Waals surface area contributed by atoms with E-state index < -0.39 is 17.6 Å². The van der Waals surface area contributed by atoms with Crippen LogP contribution in [0.25, 0.3) is 6.08 Å². The van der Waals surface area contributed by atoms with E-state index in [9.17, 15) is 22.8 Å². The molecule has 0 aliphatic carbocycles. The van der Waals surface area contributed by atoms with E-state index in [0.717, 1.165) is 49.8 Å². The Labute approximate surface area is 252 Å². The molecule has 0 radical (unpaired) electrons. The molecule has 6 N–H and O–H groups in total. The van der Waals surface area contributed by atoms with Crippen molar-refractivity contribution in [3.8, 4) is 0 Å². The van der Waals surface area contributed by atoms with Gasteiger partial charge in [0.2, 0.25) is 5.91 Å². The monoisotopic (exact) mass is 606 g/mol. The number of aromatic nitrogens is 2. The zero-order valence-electron chi connectivity index (χ0n) is 24.0. The van der Waals surface area contributed by atoms with Gasteiger partial charge in [0.25, 0.3) is 5.91 Å². The molecule has 1 fully saturated rings. The number of nitrogens with one attached hydrogen (secondary N) is 4. The summed E-state index contributed by atoms with van der Waals surface area (Å²) in [6, 6.07) is 7.51. The molecule has 1 unspecified atom stereocenters. The Balaban J connectivity index is 1.36. The van der Waals surface area contributed by atoms with Gasteiger partial charge in [-0.2, -0.15) is 13.2 Å². The van der Waals surface area contributed by atoms with Crippen LogP contribution < -0.4 is 21.7 Å². The Hall–Kier alpha value is -4.78. The molecular weight excluding hydrogens is 573 g/mol. The van der Waals surface area contributed by atoms with Crippen molar-refractivity contribution in [2.75, 3.05) is 36.0 Å². The number of amides is 2. The van der Waals surface area contributed by atoms with E-state index in [1.807, 2.05) is 19.1 Å². The van der Waals surface area contributed by atoms with E-state index in [0.29, 0.717) is 29.8 Å². The van der Waals surface area contributed by atoms with Crippen molar-refractivity contribution in [1.29, 1.82) is 5.41 Å². The topological polar surface area (TPSA) is 149 Å². The largest absolute Gasteiger partial charge is 0.416 e. The number of benzene rings is 1. The number of carbonyl (C=O) groups is 2. The molecule has 4 heterocycles. The van der Waals surface area contributed by atoms with Gasteiger partial charge in [0.15, 0.2) is 0 Å². The number of nitrogen functional groups attached to an aromatic ring is 1. The SMILES string of the molecule is CC1CCNc2c(cnc(N)c2C(=N)c2ccc(C(=O)Nc3cc(C(F)(F)F)ccn3)cc2)/C=C/CCN2CC[C@H]2C(=O)N1. The number of anilines is 3. The van der Waals surface area contributed by atoms with E-state index in [2.05, 4.69) is 30.8 Å². The van der Waals surface area contributed by atoms with Gasteiger partial charge in [0, 0.05) is 54.8 Å². The van der Waals surface area contributed by atoms with Crippen LogP contribution in [0.1, 0.15) is 58.8 Å². The second kappa shape index (κ2) is 12.8. The number of hydrogen-bond donors (Lipinski definition) is 5. The predicted molar refractivity (Wildman–Crippen MR) is 163 cm³/mol. The maximum Gasteiger partial charge on any atom is 0.416 e. The van der Waals surface area contributed by atoms with E-state index in [4.69, 9.17) is 11.1 Å². The summed E-state index contributed by atoms with van der Waals surface area (Å²) < 4.78 is 39.1. The van der Waals surface area contributed by atoms with Crippen molar-refractivity contribution in [2.24, 2.45) is 0 Å². The summed E-state index contributed by atoms with van der Waals surface area (Å²) >= 11 is 0. The van der Waals surface area contributed by atoms with Crippen molar-refractivity contribution in [3.63, 3.8) is 0 Å². The molecule has 1 aromatic carbocycles. The van der Waals surface area contributed by atoms with Crippen molar-refractivity contribution < 1.29 is 22.8 Å². The van der Waals surface area contributed by atoms with Gasteiger partial charge in [-0.3, -0.25) is 19.9 Å². The van der Waals surface area contributed by atoms with E-state index in [1.165, 1.54) is 12.1 Å². The maximum absolute atomic E-state index is 13.0. The van der Waals surface area contributed by atoms with Crippen LogP contribution in [0.3, 0.4) is 0 Å². The number of rotatable bonds is 4. The van der Waals surface area contributed by atoms with Crippen molar-refractivity contribution >= 4 is 40.9 Å². The molecule has 13 heteroatoms. The molecular formula is C31H33F3N8O2. The van der Waals surface area contributed by atoms with Gasteiger partial charge in [0.1, 0.15) is 11.6 Å². The zero-order valence-corrected chi connectivity index (χ0v) is 24.0. The number of fused-ring (bicyclic) bond motifs is 2. The molecule has 1 saturated heterocycles. The second-order valence-electron chi connectivity index (χ2n) is 10.8.